The fourth-order valence-electron chi connectivity index (χ4n) is 4.22. The summed E-state index contributed by atoms with van der Waals surface area (Å²) in [5, 5.41) is 12.0. The number of carbonyl (C=O) groups excluding carboxylic acids is 1. The molecule has 1 saturated carbocycles. The van der Waals surface area contributed by atoms with Gasteiger partial charge in [-0.25, -0.2) is 14.0 Å². The second kappa shape index (κ2) is 6.67. The molecule has 0 bridgehead atoms. The number of nitrogens with zero attached hydrogens (tertiary/aromatic N) is 1. The molecule has 2 N–H and O–H groups in total. The van der Waals surface area contributed by atoms with Crippen LogP contribution in [0.4, 0.5) is 27.2 Å². The summed E-state index contributed by atoms with van der Waals surface area (Å²) in [6, 6.07) is 1.70. The molecule has 2 saturated heterocycles. The SMILES string of the molecule is O=C1NC2(CO1)CN(C(=O)O)C2C[C@H]1C[C@@H](Oc2ccc(C(F)(F)F)cc2F)C1. The Morgan fingerprint density at radius 2 is 2.10 bits per heavy atom. The lowest BCUT2D eigenvalue weighted by Crippen LogP contribution is -2.76. The third-order valence-corrected chi connectivity index (χ3v) is 5.83. The number of likely N-dealkylation sites (tertiary alicyclic amines) is 1. The molecule has 2 heterocycles. The molecule has 3 fully saturated rings. The standard InChI is InChI=1S/C18H18F4N2O5/c19-12-6-10(18(20,21)22)1-2-13(12)29-11-3-9(4-11)5-14-17(7-24(14)16(26)27)8-28-15(25)23-17/h1-2,6,9,11,14H,3-5,7-8H2,(H,23,25)(H,26,27)/t9-,11+,14?,17?. The van der Waals surface area contributed by atoms with Crippen molar-refractivity contribution in [3.05, 3.63) is 29.6 Å². The highest BCUT2D eigenvalue weighted by molar-refractivity contribution is 5.74. The molecule has 3 aliphatic rings. The van der Waals surface area contributed by atoms with E-state index < -0.39 is 41.3 Å². The largest absolute Gasteiger partial charge is 0.487 e. The third-order valence-electron chi connectivity index (χ3n) is 5.83. The summed E-state index contributed by atoms with van der Waals surface area (Å²) in [4.78, 5) is 24.0. The number of alkyl halides is 3. The molecule has 1 spiro atoms. The van der Waals surface area contributed by atoms with Crippen LogP contribution < -0.4 is 10.1 Å². The van der Waals surface area contributed by atoms with Crippen LogP contribution in [-0.2, 0) is 10.9 Å². The molecule has 2 aliphatic heterocycles. The van der Waals surface area contributed by atoms with Crippen LogP contribution in [0.2, 0.25) is 0 Å². The monoisotopic (exact) mass is 418 g/mol. The number of amides is 2. The maximum atomic E-state index is 13.9. The second-order valence-corrected chi connectivity index (χ2v) is 7.74. The van der Waals surface area contributed by atoms with Crippen molar-refractivity contribution in [1.29, 1.82) is 0 Å². The highest BCUT2D eigenvalue weighted by Crippen LogP contribution is 2.43. The van der Waals surface area contributed by atoms with Crippen LogP contribution in [0.5, 0.6) is 5.75 Å². The summed E-state index contributed by atoms with van der Waals surface area (Å²) < 4.78 is 62.1. The lowest BCUT2D eigenvalue weighted by atomic mass is 9.70. The van der Waals surface area contributed by atoms with Gasteiger partial charge in [0.1, 0.15) is 12.1 Å². The summed E-state index contributed by atoms with van der Waals surface area (Å²) in [6.45, 7) is 0.256. The smallest absolute Gasteiger partial charge is 0.416 e. The zero-order valence-electron chi connectivity index (χ0n) is 15.0. The highest BCUT2D eigenvalue weighted by atomic mass is 19.4. The molecule has 0 radical (unpaired) electrons. The van der Waals surface area contributed by atoms with Gasteiger partial charge in [-0.3, -0.25) is 0 Å². The number of halogens is 4. The number of hydrogen-bond acceptors (Lipinski definition) is 4. The Labute approximate surface area is 162 Å². The lowest BCUT2D eigenvalue weighted by Gasteiger charge is -2.54. The maximum absolute atomic E-state index is 13.9. The van der Waals surface area contributed by atoms with E-state index in [4.69, 9.17) is 9.47 Å². The van der Waals surface area contributed by atoms with Crippen LogP contribution in [0.25, 0.3) is 0 Å². The second-order valence-electron chi connectivity index (χ2n) is 7.74. The molecule has 1 aliphatic carbocycles. The van der Waals surface area contributed by atoms with Crippen LogP contribution in [0.3, 0.4) is 0 Å². The lowest BCUT2D eigenvalue weighted by molar-refractivity contribution is -0.137. The number of benzene rings is 1. The molecule has 7 nitrogen and oxygen atoms in total. The van der Waals surface area contributed by atoms with Gasteiger partial charge in [-0.2, -0.15) is 13.2 Å². The first kappa shape index (κ1) is 19.6. The number of carboxylic acid groups (broad SMARTS) is 1. The first-order valence-corrected chi connectivity index (χ1v) is 9.05. The van der Waals surface area contributed by atoms with Gasteiger partial charge in [0, 0.05) is 0 Å². The van der Waals surface area contributed by atoms with E-state index in [1.807, 2.05) is 0 Å². The van der Waals surface area contributed by atoms with Crippen molar-refractivity contribution < 1.29 is 41.7 Å². The predicted octanol–water partition coefficient (Wildman–Crippen LogP) is 3.23. The summed E-state index contributed by atoms with van der Waals surface area (Å²) in [5.74, 6) is -1.24. The minimum atomic E-state index is -4.63. The van der Waals surface area contributed by atoms with E-state index in [2.05, 4.69) is 5.32 Å². The average Bonchev–Trinajstić information content (AvgIpc) is 2.98. The molecule has 0 aromatic heterocycles. The molecule has 158 valence electrons. The Kier molecular flexibility index (Phi) is 4.50. The Morgan fingerprint density at radius 1 is 1.38 bits per heavy atom. The van der Waals surface area contributed by atoms with Gasteiger partial charge < -0.3 is 24.8 Å². The van der Waals surface area contributed by atoms with Crippen molar-refractivity contribution in [3.63, 3.8) is 0 Å². The average molecular weight is 418 g/mol. The number of alkyl carbamates (subject to hydrolysis) is 1. The molecule has 29 heavy (non-hydrogen) atoms. The molecule has 4 rings (SSSR count). The zero-order valence-corrected chi connectivity index (χ0v) is 15.0. The number of carbonyl (C=O) groups is 2. The Balaban J connectivity index is 1.33. The summed E-state index contributed by atoms with van der Waals surface area (Å²) in [6.07, 6.45) is -5.16. The van der Waals surface area contributed by atoms with Gasteiger partial charge in [0.05, 0.1) is 24.3 Å². The van der Waals surface area contributed by atoms with Gasteiger partial charge in [0.2, 0.25) is 0 Å². The zero-order chi connectivity index (χ0) is 21.0. The highest BCUT2D eigenvalue weighted by Gasteiger charge is 2.60. The fraction of sp³-hybridized carbons (Fsp3) is 0.556. The van der Waals surface area contributed by atoms with Crippen molar-refractivity contribution >= 4 is 12.2 Å². The molecule has 1 aromatic rings. The van der Waals surface area contributed by atoms with Crippen molar-refractivity contribution in [2.75, 3.05) is 13.2 Å². The van der Waals surface area contributed by atoms with E-state index in [1.54, 1.807) is 0 Å². The summed E-state index contributed by atoms with van der Waals surface area (Å²) in [7, 11) is 0. The van der Waals surface area contributed by atoms with Crippen LogP contribution >= 0.6 is 0 Å². The van der Waals surface area contributed by atoms with E-state index in [0.29, 0.717) is 25.3 Å². The van der Waals surface area contributed by atoms with Gasteiger partial charge in [-0.05, 0) is 43.4 Å². The van der Waals surface area contributed by atoms with Crippen molar-refractivity contribution in [2.45, 2.75) is 43.1 Å². The van der Waals surface area contributed by atoms with E-state index in [9.17, 15) is 32.3 Å². The first-order chi connectivity index (χ1) is 13.6. The molecule has 2 amide bonds. The van der Waals surface area contributed by atoms with Crippen LogP contribution in [0, 0.1) is 11.7 Å². The van der Waals surface area contributed by atoms with Crippen LogP contribution in [0.15, 0.2) is 18.2 Å². The van der Waals surface area contributed by atoms with E-state index >= 15 is 0 Å². The number of ether oxygens (including phenoxy) is 2. The maximum Gasteiger partial charge on any atom is 0.416 e. The molecule has 1 aromatic carbocycles. The number of nitrogens with one attached hydrogen (secondary N) is 1. The molecular formula is C18H18F4N2O5. The van der Waals surface area contributed by atoms with Crippen LogP contribution in [-0.4, -0.2) is 53.0 Å². The van der Waals surface area contributed by atoms with Crippen LogP contribution in [0.1, 0.15) is 24.8 Å². The van der Waals surface area contributed by atoms with Crippen molar-refractivity contribution in [3.8, 4) is 5.75 Å². The minimum Gasteiger partial charge on any atom is -0.487 e. The first-order valence-electron chi connectivity index (χ1n) is 9.05. The molecule has 11 heteroatoms. The fourth-order valence-corrected chi connectivity index (χ4v) is 4.22. The van der Waals surface area contributed by atoms with E-state index in [1.165, 1.54) is 4.90 Å². The van der Waals surface area contributed by atoms with Gasteiger partial charge in [0.15, 0.2) is 11.6 Å². The van der Waals surface area contributed by atoms with Gasteiger partial charge >= 0.3 is 18.4 Å². The predicted molar refractivity (Wildman–Crippen MR) is 88.9 cm³/mol. The number of cyclic esters (lactones) is 1. The number of rotatable bonds is 4. The normalized spacial score (nSPS) is 31.0. The number of hydrogen-bond donors (Lipinski definition) is 2. The molecular weight excluding hydrogens is 400 g/mol. The molecule has 2 atom stereocenters. The summed E-state index contributed by atoms with van der Waals surface area (Å²) in [5.41, 5.74) is -1.81. The third kappa shape index (κ3) is 3.53. The molecule has 2 unspecified atom stereocenters. The topological polar surface area (TPSA) is 88.1 Å². The Morgan fingerprint density at radius 3 is 2.66 bits per heavy atom. The summed E-state index contributed by atoms with van der Waals surface area (Å²) >= 11 is 0. The minimum absolute atomic E-state index is 0.0824. The Bertz CT molecular complexity index is 842. The van der Waals surface area contributed by atoms with Gasteiger partial charge in [-0.15, -0.1) is 0 Å². The van der Waals surface area contributed by atoms with Gasteiger partial charge in [0.25, 0.3) is 0 Å². The van der Waals surface area contributed by atoms with E-state index in [-0.39, 0.29) is 30.9 Å². The quantitative estimate of drug-likeness (QED) is 0.733. The Hall–Kier alpha value is -2.72. The van der Waals surface area contributed by atoms with Crippen molar-refractivity contribution in [2.24, 2.45) is 5.92 Å². The van der Waals surface area contributed by atoms with Crippen molar-refractivity contribution in [1.82, 2.24) is 10.2 Å². The van der Waals surface area contributed by atoms with Gasteiger partial charge in [-0.1, -0.05) is 0 Å². The van der Waals surface area contributed by atoms with E-state index in [0.717, 1.165) is 12.1 Å².